The van der Waals surface area contributed by atoms with E-state index in [1.807, 2.05) is 0 Å². The molecule has 0 saturated heterocycles. The minimum Gasteiger partial charge on any atom is -0.289 e. The van der Waals surface area contributed by atoms with Gasteiger partial charge in [0.2, 0.25) is 0 Å². The number of hydrogen-bond donors (Lipinski definition) is 1. The average molecular weight is 436 g/mol. The molecule has 4 aromatic rings. The van der Waals surface area contributed by atoms with Gasteiger partial charge in [-0.1, -0.05) is 18.6 Å². The predicted molar refractivity (Wildman–Crippen MR) is 120 cm³/mol. The van der Waals surface area contributed by atoms with Crippen LogP contribution < -0.4 is 16.5 Å². The zero-order chi connectivity index (χ0) is 21.5. The fraction of sp³-hybridized carbons (Fsp3) is 0.318. The van der Waals surface area contributed by atoms with Gasteiger partial charge < -0.3 is 0 Å². The highest BCUT2D eigenvalue weighted by Gasteiger charge is 2.21. The molecule has 9 heteroatoms. The molecule has 0 saturated carbocycles. The monoisotopic (exact) mass is 435 g/mol. The van der Waals surface area contributed by atoms with Gasteiger partial charge in [-0.25, -0.2) is 14.6 Å². The van der Waals surface area contributed by atoms with Gasteiger partial charge in [0.25, 0.3) is 17.0 Å². The van der Waals surface area contributed by atoms with Crippen molar-refractivity contribution >= 4 is 38.4 Å². The van der Waals surface area contributed by atoms with Gasteiger partial charge >= 0.3 is 0 Å². The van der Waals surface area contributed by atoms with Crippen LogP contribution in [-0.2, 0) is 24.2 Å². The molecule has 0 atom stereocenters. The van der Waals surface area contributed by atoms with Crippen LogP contribution in [0.5, 0.6) is 0 Å². The van der Waals surface area contributed by atoms with Crippen molar-refractivity contribution in [2.24, 2.45) is 0 Å². The Morgan fingerprint density at radius 3 is 2.81 bits per heavy atom. The molecule has 158 valence electrons. The summed E-state index contributed by atoms with van der Waals surface area (Å²) in [5.41, 5.74) is 3.71. The second-order valence-electron chi connectivity index (χ2n) is 7.77. The predicted octanol–water partition coefficient (Wildman–Crippen LogP) is 2.52. The summed E-state index contributed by atoms with van der Waals surface area (Å²) in [6, 6.07) is 6.97. The van der Waals surface area contributed by atoms with Crippen LogP contribution in [0.15, 0.2) is 40.2 Å². The number of carbonyl (C=O) groups is 1. The lowest BCUT2D eigenvalue weighted by atomic mass is 10.1. The Kier molecular flexibility index (Phi) is 4.90. The topological polar surface area (TPSA) is 98.9 Å². The second-order valence-corrected chi connectivity index (χ2v) is 8.86. The first-order valence-corrected chi connectivity index (χ1v) is 11.1. The van der Waals surface area contributed by atoms with E-state index < -0.39 is 5.91 Å². The van der Waals surface area contributed by atoms with Crippen LogP contribution in [-0.4, -0.2) is 25.1 Å². The lowest BCUT2D eigenvalue weighted by Gasteiger charge is -2.12. The molecule has 0 spiro atoms. The highest BCUT2D eigenvalue weighted by Crippen LogP contribution is 2.32. The molecule has 1 aliphatic rings. The van der Waals surface area contributed by atoms with Crippen molar-refractivity contribution in [2.45, 2.75) is 45.6 Å². The van der Waals surface area contributed by atoms with E-state index >= 15 is 0 Å². The largest absolute Gasteiger partial charge is 0.289 e. The van der Waals surface area contributed by atoms with Gasteiger partial charge in [-0.15, -0.1) is 11.3 Å². The maximum Gasteiger partial charge on any atom is 0.281 e. The first-order chi connectivity index (χ1) is 15.0. The summed E-state index contributed by atoms with van der Waals surface area (Å²) in [7, 11) is 0. The van der Waals surface area contributed by atoms with Crippen LogP contribution in [0.25, 0.3) is 21.1 Å². The number of nitrogens with zero attached hydrogens (tertiary/aromatic N) is 4. The molecule has 1 aliphatic carbocycles. The number of nitrogens with one attached hydrogen (secondary N) is 1. The highest BCUT2D eigenvalue weighted by atomic mass is 32.1. The normalized spacial score (nSPS) is 13.8. The maximum atomic E-state index is 13.3. The van der Waals surface area contributed by atoms with Crippen LogP contribution in [0.4, 0.5) is 0 Å². The van der Waals surface area contributed by atoms with Gasteiger partial charge in [0.05, 0.1) is 22.6 Å². The molecule has 0 bridgehead atoms. The van der Waals surface area contributed by atoms with Crippen molar-refractivity contribution in [2.75, 3.05) is 5.43 Å². The molecule has 1 amide bonds. The van der Waals surface area contributed by atoms with Gasteiger partial charge in [-0.05, 0) is 50.3 Å². The number of hydrogen-bond acceptors (Lipinski definition) is 6. The van der Waals surface area contributed by atoms with Crippen molar-refractivity contribution in [1.29, 1.82) is 0 Å². The number of amides is 1. The van der Waals surface area contributed by atoms with E-state index in [2.05, 4.69) is 15.4 Å². The van der Waals surface area contributed by atoms with E-state index in [1.54, 1.807) is 42.5 Å². The Morgan fingerprint density at radius 1 is 1.13 bits per heavy atom. The van der Waals surface area contributed by atoms with Crippen molar-refractivity contribution in [1.82, 2.24) is 19.2 Å². The Morgan fingerprint density at radius 2 is 1.94 bits per heavy atom. The second kappa shape index (κ2) is 7.73. The summed E-state index contributed by atoms with van der Waals surface area (Å²) in [6.45, 7) is 1.44. The smallest absolute Gasteiger partial charge is 0.281 e. The Labute approximate surface area is 181 Å². The first-order valence-electron chi connectivity index (χ1n) is 10.3. The molecule has 1 aromatic carbocycles. The van der Waals surface area contributed by atoms with E-state index in [-0.39, 0.29) is 17.7 Å². The van der Waals surface area contributed by atoms with Crippen molar-refractivity contribution in [3.05, 3.63) is 67.6 Å². The zero-order valence-electron chi connectivity index (χ0n) is 17.1. The number of para-hydroxylation sites is 1. The van der Waals surface area contributed by atoms with Crippen LogP contribution in [0.3, 0.4) is 0 Å². The van der Waals surface area contributed by atoms with Gasteiger partial charge in [-0.2, -0.15) is 0 Å². The van der Waals surface area contributed by atoms with Crippen molar-refractivity contribution < 1.29 is 4.79 Å². The van der Waals surface area contributed by atoms with Crippen molar-refractivity contribution in [3.63, 3.8) is 0 Å². The summed E-state index contributed by atoms with van der Waals surface area (Å²) in [5, 5.41) is 1.05. The van der Waals surface area contributed by atoms with Crippen molar-refractivity contribution in [3.8, 4) is 0 Å². The summed E-state index contributed by atoms with van der Waals surface area (Å²) >= 11 is 1.58. The van der Waals surface area contributed by atoms with E-state index in [0.717, 1.165) is 42.5 Å². The molecule has 0 fully saturated rings. The number of carbonyl (C=O) groups excluding carboxylic acids is 1. The molecule has 0 unspecified atom stereocenters. The summed E-state index contributed by atoms with van der Waals surface area (Å²) in [4.78, 5) is 49.4. The lowest BCUT2D eigenvalue weighted by Crippen LogP contribution is -2.38. The Bertz CT molecular complexity index is 1450. The Balaban J connectivity index is 1.48. The van der Waals surface area contributed by atoms with E-state index in [1.165, 1.54) is 20.4 Å². The zero-order valence-corrected chi connectivity index (χ0v) is 17.9. The third-order valence-electron chi connectivity index (χ3n) is 5.69. The summed E-state index contributed by atoms with van der Waals surface area (Å²) in [6.07, 6.45) is 6.51. The SMILES string of the molecule is Cc1nc2sc3c(c2c(=O)n1NC(=O)Cn1cnc2ccccc2c1=O)CCCCC3. The standard InChI is InChI=1S/C22H21N5O3S/c1-13-24-20-19(15-8-3-2-4-10-17(15)31-20)22(30)27(13)25-18(28)11-26-12-23-16-9-6-5-7-14(16)21(26)29/h5-7,9,12H,2-4,8,10-11H2,1H3,(H,25,28). The molecule has 1 N–H and O–H groups in total. The number of rotatable bonds is 3. The number of fused-ring (bicyclic) bond motifs is 4. The van der Waals surface area contributed by atoms with E-state index in [0.29, 0.717) is 22.1 Å². The highest BCUT2D eigenvalue weighted by molar-refractivity contribution is 7.18. The molecular weight excluding hydrogens is 414 g/mol. The van der Waals surface area contributed by atoms with Crippen LogP contribution in [0.2, 0.25) is 0 Å². The number of benzene rings is 1. The minimum absolute atomic E-state index is 0.248. The number of aryl methyl sites for hydroxylation is 3. The van der Waals surface area contributed by atoms with Gasteiger partial charge in [-0.3, -0.25) is 24.4 Å². The van der Waals surface area contributed by atoms with Gasteiger partial charge in [0.1, 0.15) is 17.2 Å². The summed E-state index contributed by atoms with van der Waals surface area (Å²) in [5.74, 6) is -0.0851. The van der Waals surface area contributed by atoms with E-state index in [9.17, 15) is 14.4 Å². The fourth-order valence-corrected chi connectivity index (χ4v) is 5.45. The maximum absolute atomic E-state index is 13.3. The third kappa shape index (κ3) is 3.44. The quantitative estimate of drug-likeness (QED) is 0.499. The van der Waals surface area contributed by atoms with E-state index in [4.69, 9.17) is 0 Å². The first kappa shape index (κ1) is 19.6. The molecule has 5 rings (SSSR count). The molecule has 8 nitrogen and oxygen atoms in total. The molecule has 31 heavy (non-hydrogen) atoms. The summed E-state index contributed by atoms with van der Waals surface area (Å²) < 4.78 is 2.43. The lowest BCUT2D eigenvalue weighted by molar-refractivity contribution is -0.117. The van der Waals surface area contributed by atoms with Crippen LogP contribution >= 0.6 is 11.3 Å². The number of thiophene rings is 1. The molecular formula is C22H21N5O3S. The molecule has 3 aromatic heterocycles. The molecule has 0 aliphatic heterocycles. The van der Waals surface area contributed by atoms with Crippen LogP contribution in [0, 0.1) is 6.92 Å². The third-order valence-corrected chi connectivity index (χ3v) is 6.87. The molecule has 0 radical (unpaired) electrons. The Hall–Kier alpha value is -3.33. The average Bonchev–Trinajstić information content (AvgIpc) is 2.94. The van der Waals surface area contributed by atoms with Gasteiger partial charge in [0.15, 0.2) is 0 Å². The fourth-order valence-electron chi connectivity index (χ4n) is 4.15. The minimum atomic E-state index is -0.494. The molecule has 3 heterocycles. The van der Waals surface area contributed by atoms with Gasteiger partial charge in [0, 0.05) is 4.88 Å². The number of aromatic nitrogens is 4. The van der Waals surface area contributed by atoms with Crippen LogP contribution in [0.1, 0.15) is 35.5 Å².